The van der Waals surface area contributed by atoms with E-state index in [1.54, 1.807) is 13.0 Å². The maximum atomic E-state index is 12.9. The molecule has 0 aliphatic rings. The van der Waals surface area contributed by atoms with Gasteiger partial charge in [0.15, 0.2) is 5.65 Å². The summed E-state index contributed by atoms with van der Waals surface area (Å²) >= 11 is 0. The van der Waals surface area contributed by atoms with Gasteiger partial charge in [0.25, 0.3) is 5.78 Å². The van der Waals surface area contributed by atoms with Crippen LogP contribution >= 0.6 is 0 Å². The number of benzene rings is 1. The van der Waals surface area contributed by atoms with Gasteiger partial charge in [-0.2, -0.15) is 30.9 Å². The molecule has 0 fully saturated rings. The molecule has 0 spiro atoms. The molecule has 3 heterocycles. The van der Waals surface area contributed by atoms with E-state index in [2.05, 4.69) is 25.4 Å². The molecule has 0 saturated carbocycles. The zero-order valence-corrected chi connectivity index (χ0v) is 19.2. The minimum absolute atomic E-state index is 0.298. The molecule has 0 amide bonds. The van der Waals surface area contributed by atoms with Gasteiger partial charge in [-0.3, -0.25) is 4.79 Å². The first-order chi connectivity index (χ1) is 17.3. The van der Waals surface area contributed by atoms with Crippen LogP contribution in [0.2, 0.25) is 0 Å². The monoisotopic (exact) mass is 523 g/mol. The average molecular weight is 523 g/mol. The van der Waals surface area contributed by atoms with Crippen molar-refractivity contribution in [3.05, 3.63) is 65.1 Å². The van der Waals surface area contributed by atoms with Crippen molar-refractivity contribution >= 4 is 23.2 Å². The fraction of sp³-hybridized carbons (Fsp3) is 0.261. The lowest BCUT2D eigenvalue weighted by Gasteiger charge is -2.11. The number of pyridine rings is 1. The number of nitrogens with zero attached hydrogens (tertiary/aromatic N) is 5. The number of anilines is 2. The van der Waals surface area contributed by atoms with E-state index in [1.165, 1.54) is 22.7 Å². The van der Waals surface area contributed by atoms with E-state index < -0.39 is 35.1 Å². The van der Waals surface area contributed by atoms with Crippen molar-refractivity contribution in [3.8, 4) is 11.3 Å². The molecule has 8 nitrogen and oxygen atoms in total. The van der Waals surface area contributed by atoms with Gasteiger partial charge in [0.2, 0.25) is 5.95 Å². The molecule has 3 aromatic heterocycles. The number of hydrogen-bond donors (Lipinski definition) is 2. The van der Waals surface area contributed by atoms with Gasteiger partial charge in [-0.25, -0.2) is 15.0 Å². The second-order valence-electron chi connectivity index (χ2n) is 8.06. The third kappa shape index (κ3) is 5.78. The highest BCUT2D eigenvalue weighted by Crippen LogP contribution is 2.31. The van der Waals surface area contributed by atoms with Crippen LogP contribution in [-0.4, -0.2) is 43.1 Å². The molecule has 0 aliphatic carbocycles. The Morgan fingerprint density at radius 2 is 1.70 bits per heavy atom. The molecule has 0 bridgehead atoms. The number of alkyl halides is 6. The van der Waals surface area contributed by atoms with Crippen molar-refractivity contribution in [3.63, 3.8) is 0 Å². The molecule has 4 aromatic rings. The summed E-state index contributed by atoms with van der Waals surface area (Å²) in [4.78, 5) is 24.1. The van der Waals surface area contributed by atoms with E-state index in [4.69, 9.17) is 5.73 Å². The van der Waals surface area contributed by atoms with Crippen LogP contribution in [0, 0.1) is 6.92 Å². The lowest BCUT2D eigenvalue weighted by molar-refractivity contribution is -0.137. The fourth-order valence-electron chi connectivity index (χ4n) is 3.56. The topological polar surface area (TPSA) is 111 Å². The number of aromatic nitrogens is 5. The number of rotatable bonds is 7. The van der Waals surface area contributed by atoms with Crippen molar-refractivity contribution in [1.82, 2.24) is 24.6 Å². The Morgan fingerprint density at radius 1 is 1.00 bits per heavy atom. The normalized spacial score (nSPS) is 12.2. The van der Waals surface area contributed by atoms with Gasteiger partial charge in [-0.05, 0) is 44.0 Å². The first-order valence-corrected chi connectivity index (χ1v) is 10.9. The lowest BCUT2D eigenvalue weighted by atomic mass is 10.1. The Kier molecular flexibility index (Phi) is 6.76. The number of hydrogen-bond acceptors (Lipinski definition) is 7. The van der Waals surface area contributed by atoms with Crippen LogP contribution in [0.4, 0.5) is 38.1 Å². The number of carbonyl (C=O) groups excluding carboxylic acids is 1. The maximum Gasteiger partial charge on any atom is 0.455 e. The van der Waals surface area contributed by atoms with Crippen molar-refractivity contribution in [2.24, 2.45) is 0 Å². The molecule has 0 aliphatic heterocycles. The molecule has 3 N–H and O–H groups in total. The lowest BCUT2D eigenvalue weighted by Crippen LogP contribution is -2.24. The quantitative estimate of drug-likeness (QED) is 0.202. The Morgan fingerprint density at radius 3 is 2.32 bits per heavy atom. The second kappa shape index (κ2) is 9.67. The molecule has 0 unspecified atom stereocenters. The van der Waals surface area contributed by atoms with Crippen LogP contribution in [0.25, 0.3) is 16.9 Å². The summed E-state index contributed by atoms with van der Waals surface area (Å²) in [6.45, 7) is 2.01. The molecule has 194 valence electrons. The largest absolute Gasteiger partial charge is 0.455 e. The third-order valence-corrected chi connectivity index (χ3v) is 5.32. The van der Waals surface area contributed by atoms with Gasteiger partial charge in [-0.15, -0.1) is 5.10 Å². The van der Waals surface area contributed by atoms with Crippen molar-refractivity contribution < 1.29 is 31.1 Å². The van der Waals surface area contributed by atoms with Crippen LogP contribution in [0.1, 0.15) is 33.9 Å². The second-order valence-corrected chi connectivity index (χ2v) is 8.06. The van der Waals surface area contributed by atoms with E-state index in [1.807, 2.05) is 0 Å². The molecular weight excluding hydrogens is 504 g/mol. The van der Waals surface area contributed by atoms with Crippen molar-refractivity contribution in [2.45, 2.75) is 32.1 Å². The summed E-state index contributed by atoms with van der Waals surface area (Å²) in [5, 5.41) is 7.36. The highest BCUT2D eigenvalue weighted by molar-refractivity contribution is 6.03. The molecule has 0 atom stereocenters. The predicted molar refractivity (Wildman–Crippen MR) is 122 cm³/mol. The van der Waals surface area contributed by atoms with Crippen molar-refractivity contribution in [1.29, 1.82) is 0 Å². The van der Waals surface area contributed by atoms with Crippen LogP contribution in [0.3, 0.4) is 0 Å². The zero-order chi connectivity index (χ0) is 27.0. The number of nitrogens with one attached hydrogen (secondary N) is 1. The molecule has 0 radical (unpaired) electrons. The Bertz CT molecular complexity index is 1450. The van der Waals surface area contributed by atoms with E-state index in [0.29, 0.717) is 53.8 Å². The van der Waals surface area contributed by atoms with Gasteiger partial charge < -0.3 is 11.1 Å². The number of fused-ring (bicyclic) bond motifs is 1. The summed E-state index contributed by atoms with van der Waals surface area (Å²) in [6, 6.07) is 8.47. The number of ketones is 1. The van der Waals surface area contributed by atoms with Crippen LogP contribution in [-0.2, 0) is 12.6 Å². The summed E-state index contributed by atoms with van der Waals surface area (Å²) in [5.74, 6) is -1.80. The van der Waals surface area contributed by atoms with E-state index >= 15 is 0 Å². The minimum Gasteiger partial charge on any atom is -0.383 e. The minimum atomic E-state index is -5.05. The van der Waals surface area contributed by atoms with Gasteiger partial charge >= 0.3 is 12.4 Å². The molecule has 1 aromatic carbocycles. The summed E-state index contributed by atoms with van der Waals surface area (Å²) in [6.07, 6.45) is -8.72. The van der Waals surface area contributed by atoms with Gasteiger partial charge in [-0.1, -0.05) is 12.1 Å². The van der Waals surface area contributed by atoms with E-state index in [9.17, 15) is 31.1 Å². The standard InChI is InChI=1S/C23H19F6N7O/c1-12-32-18-11-17(13-4-6-14(7-5-13)22(24,25)26)34-21(36(18)35-12)31-10-2-3-15-8-9-16(20(30)33-15)19(37)23(27,28)29/h4-9,11H,2-3,10H2,1H3,(H2,30,33)(H,31,34). The predicted octanol–water partition coefficient (Wildman–Crippen LogP) is 4.89. The van der Waals surface area contributed by atoms with Gasteiger partial charge in [0.05, 0.1) is 16.8 Å². The Labute approximate surface area is 205 Å². The third-order valence-electron chi connectivity index (χ3n) is 5.32. The summed E-state index contributed by atoms with van der Waals surface area (Å²) in [5.41, 5.74) is 5.73. The van der Waals surface area contributed by atoms with E-state index in [-0.39, 0.29) is 0 Å². The zero-order valence-electron chi connectivity index (χ0n) is 19.2. The Hall–Kier alpha value is -4.23. The average Bonchev–Trinajstić information content (AvgIpc) is 3.20. The van der Waals surface area contributed by atoms with Gasteiger partial charge in [0.1, 0.15) is 11.6 Å². The molecule has 4 rings (SSSR count). The number of aryl methyl sites for hydroxylation is 2. The number of nitrogen functional groups attached to an aromatic ring is 1. The van der Waals surface area contributed by atoms with Crippen molar-refractivity contribution in [2.75, 3.05) is 17.6 Å². The Balaban J connectivity index is 1.48. The number of Topliss-reactive ketones (excluding diaryl/α,β-unsaturated/α-hetero) is 1. The maximum absolute atomic E-state index is 12.9. The number of halogens is 6. The summed E-state index contributed by atoms with van der Waals surface area (Å²) < 4.78 is 78.1. The van der Waals surface area contributed by atoms with Gasteiger partial charge in [0, 0.05) is 23.9 Å². The first-order valence-electron chi connectivity index (χ1n) is 10.9. The highest BCUT2D eigenvalue weighted by atomic mass is 19.4. The highest BCUT2D eigenvalue weighted by Gasteiger charge is 2.40. The SMILES string of the molecule is Cc1nc2cc(-c3ccc(C(F)(F)F)cc3)nc(NCCCc3ccc(C(=O)C(F)(F)F)c(N)n3)n2n1. The number of nitrogens with two attached hydrogens (primary N) is 1. The van der Waals surface area contributed by atoms with E-state index in [0.717, 1.165) is 18.2 Å². The smallest absolute Gasteiger partial charge is 0.383 e. The van der Waals surface area contributed by atoms with Crippen LogP contribution < -0.4 is 11.1 Å². The fourth-order valence-corrected chi connectivity index (χ4v) is 3.56. The molecule has 14 heteroatoms. The number of carbonyl (C=O) groups is 1. The van der Waals surface area contributed by atoms with Crippen LogP contribution in [0.5, 0.6) is 0 Å². The summed E-state index contributed by atoms with van der Waals surface area (Å²) in [7, 11) is 0. The van der Waals surface area contributed by atoms with Crippen LogP contribution in [0.15, 0.2) is 42.5 Å². The molecular formula is C23H19F6N7O. The molecule has 0 saturated heterocycles. The first kappa shape index (κ1) is 25.9. The molecule has 37 heavy (non-hydrogen) atoms.